The van der Waals surface area contributed by atoms with Crippen LogP contribution >= 0.6 is 22.9 Å². The van der Waals surface area contributed by atoms with E-state index >= 15 is 0 Å². The summed E-state index contributed by atoms with van der Waals surface area (Å²) in [7, 11) is 0. The summed E-state index contributed by atoms with van der Waals surface area (Å²) >= 11 is 7.53. The fourth-order valence-corrected chi connectivity index (χ4v) is 5.06. The quantitative estimate of drug-likeness (QED) is 0.477. The normalized spacial score (nSPS) is 18.4. The van der Waals surface area contributed by atoms with E-state index in [9.17, 15) is 9.59 Å². The summed E-state index contributed by atoms with van der Waals surface area (Å²) in [6.45, 7) is 2.75. The van der Waals surface area contributed by atoms with Gasteiger partial charge in [-0.25, -0.2) is 0 Å². The molecule has 0 saturated heterocycles. The standard InChI is InChI=1S/C23H20ClN3O3S/c1-23(22(29)25-12-15-4-6-17(24)7-5-15)14-26-19(11-16-8-10-31-21(16)26)20(28)27(23)13-18-3-2-9-30-18/h2-11H,12-14H2,1H3,(H,25,29)/t23-/m0/s1. The smallest absolute Gasteiger partial charge is 0.271 e. The molecule has 0 aliphatic carbocycles. The maximum atomic E-state index is 13.5. The first kappa shape index (κ1) is 19.9. The zero-order chi connectivity index (χ0) is 21.6. The van der Waals surface area contributed by atoms with Crippen molar-refractivity contribution in [1.29, 1.82) is 0 Å². The Morgan fingerprint density at radius 1 is 1.26 bits per heavy atom. The molecule has 2 amide bonds. The number of nitrogens with one attached hydrogen (secondary N) is 1. The fraction of sp³-hybridized carbons (Fsp3) is 0.217. The molecule has 1 N–H and O–H groups in total. The molecule has 31 heavy (non-hydrogen) atoms. The van der Waals surface area contributed by atoms with Gasteiger partial charge in [-0.3, -0.25) is 9.59 Å². The second kappa shape index (κ2) is 7.59. The van der Waals surface area contributed by atoms with E-state index < -0.39 is 5.54 Å². The molecule has 0 radical (unpaired) electrons. The van der Waals surface area contributed by atoms with Crippen LogP contribution in [0.25, 0.3) is 10.2 Å². The maximum Gasteiger partial charge on any atom is 0.271 e. The zero-order valence-electron chi connectivity index (χ0n) is 16.8. The van der Waals surface area contributed by atoms with E-state index in [-0.39, 0.29) is 18.4 Å². The van der Waals surface area contributed by atoms with Crippen LogP contribution in [0.3, 0.4) is 0 Å². The molecule has 0 bridgehead atoms. The molecule has 8 heteroatoms. The molecule has 0 fully saturated rings. The Bertz CT molecular complexity index is 1260. The van der Waals surface area contributed by atoms with Gasteiger partial charge in [0.2, 0.25) is 5.91 Å². The molecule has 0 saturated carbocycles. The second-order valence-corrected chi connectivity index (χ2v) is 9.18. The summed E-state index contributed by atoms with van der Waals surface area (Å²) in [5.41, 5.74) is 0.443. The summed E-state index contributed by atoms with van der Waals surface area (Å²) in [6, 6.07) is 14.8. The summed E-state index contributed by atoms with van der Waals surface area (Å²) in [4.78, 5) is 29.6. The third-order valence-corrected chi connectivity index (χ3v) is 6.98. The van der Waals surface area contributed by atoms with E-state index in [1.54, 1.807) is 40.7 Å². The highest BCUT2D eigenvalue weighted by molar-refractivity contribution is 7.16. The molecule has 1 atom stereocenters. The summed E-state index contributed by atoms with van der Waals surface area (Å²) in [6.07, 6.45) is 1.57. The van der Waals surface area contributed by atoms with Gasteiger partial charge in [0.1, 0.15) is 21.8 Å². The van der Waals surface area contributed by atoms with Gasteiger partial charge in [0, 0.05) is 17.0 Å². The van der Waals surface area contributed by atoms with Crippen molar-refractivity contribution in [2.45, 2.75) is 32.1 Å². The number of fused-ring (bicyclic) bond motifs is 3. The molecule has 4 aromatic rings. The van der Waals surface area contributed by atoms with Crippen molar-refractivity contribution < 1.29 is 14.0 Å². The van der Waals surface area contributed by atoms with Crippen molar-refractivity contribution in [2.75, 3.05) is 0 Å². The number of benzene rings is 1. The van der Waals surface area contributed by atoms with Gasteiger partial charge in [-0.05, 0) is 54.3 Å². The van der Waals surface area contributed by atoms with E-state index in [0.717, 1.165) is 15.8 Å². The van der Waals surface area contributed by atoms with E-state index in [2.05, 4.69) is 5.32 Å². The number of aromatic nitrogens is 1. The van der Waals surface area contributed by atoms with Gasteiger partial charge in [0.25, 0.3) is 5.91 Å². The monoisotopic (exact) mass is 453 g/mol. The highest BCUT2D eigenvalue weighted by Gasteiger charge is 2.48. The summed E-state index contributed by atoms with van der Waals surface area (Å²) < 4.78 is 7.45. The summed E-state index contributed by atoms with van der Waals surface area (Å²) in [5, 5.41) is 6.66. The minimum atomic E-state index is -1.08. The van der Waals surface area contributed by atoms with Crippen molar-refractivity contribution in [2.24, 2.45) is 0 Å². The second-order valence-electron chi connectivity index (χ2n) is 7.85. The van der Waals surface area contributed by atoms with Crippen molar-refractivity contribution in [3.05, 3.63) is 82.2 Å². The minimum Gasteiger partial charge on any atom is -0.467 e. The zero-order valence-corrected chi connectivity index (χ0v) is 18.4. The van der Waals surface area contributed by atoms with E-state index in [4.69, 9.17) is 16.0 Å². The van der Waals surface area contributed by atoms with Gasteiger partial charge >= 0.3 is 0 Å². The highest BCUT2D eigenvalue weighted by Crippen LogP contribution is 2.35. The van der Waals surface area contributed by atoms with E-state index in [1.165, 1.54) is 0 Å². The molecule has 3 aromatic heterocycles. The van der Waals surface area contributed by atoms with Gasteiger partial charge in [-0.1, -0.05) is 23.7 Å². The third kappa shape index (κ3) is 3.43. The van der Waals surface area contributed by atoms with Crippen molar-refractivity contribution in [3.8, 4) is 0 Å². The van der Waals surface area contributed by atoms with Crippen molar-refractivity contribution >= 4 is 45.0 Å². The average molecular weight is 454 g/mol. The number of carbonyl (C=O) groups is 2. The number of nitrogens with zero attached hydrogens (tertiary/aromatic N) is 2. The largest absolute Gasteiger partial charge is 0.467 e. The van der Waals surface area contributed by atoms with Gasteiger partial charge < -0.3 is 19.2 Å². The SMILES string of the molecule is C[C@@]1(C(=O)NCc2ccc(Cl)cc2)Cn2c(cc3ccsc32)C(=O)N1Cc1ccco1. The first-order valence-electron chi connectivity index (χ1n) is 9.89. The van der Waals surface area contributed by atoms with Gasteiger partial charge in [0.15, 0.2) is 0 Å². The number of hydrogen-bond acceptors (Lipinski definition) is 4. The Balaban J connectivity index is 1.49. The Morgan fingerprint density at radius 2 is 2.06 bits per heavy atom. The average Bonchev–Trinajstić information content (AvgIpc) is 3.49. The van der Waals surface area contributed by atoms with Gasteiger partial charge in [-0.15, -0.1) is 11.3 Å². The Labute approximate surface area is 188 Å². The van der Waals surface area contributed by atoms with Crippen LogP contribution in [0.1, 0.15) is 28.7 Å². The minimum absolute atomic E-state index is 0.185. The van der Waals surface area contributed by atoms with Crippen molar-refractivity contribution in [1.82, 2.24) is 14.8 Å². The number of hydrogen-bond donors (Lipinski definition) is 1. The van der Waals surface area contributed by atoms with E-state index in [1.807, 2.05) is 47.2 Å². The first-order chi connectivity index (χ1) is 15.0. The van der Waals surface area contributed by atoms with Crippen LogP contribution in [0, 0.1) is 0 Å². The Kier molecular flexibility index (Phi) is 4.87. The maximum absolute atomic E-state index is 13.5. The molecule has 1 aliphatic heterocycles. The van der Waals surface area contributed by atoms with Crippen LogP contribution in [0.4, 0.5) is 0 Å². The first-order valence-corrected chi connectivity index (χ1v) is 11.2. The number of furan rings is 1. The molecule has 158 valence electrons. The van der Waals surface area contributed by atoms with Crippen LogP contribution < -0.4 is 5.32 Å². The molecular weight excluding hydrogens is 434 g/mol. The van der Waals surface area contributed by atoms with Crippen LogP contribution in [-0.2, 0) is 24.4 Å². The number of amides is 2. The Morgan fingerprint density at radius 3 is 2.81 bits per heavy atom. The molecule has 5 rings (SSSR count). The van der Waals surface area contributed by atoms with Crippen LogP contribution in [-0.4, -0.2) is 26.8 Å². The highest BCUT2D eigenvalue weighted by atomic mass is 35.5. The lowest BCUT2D eigenvalue weighted by Crippen LogP contribution is -2.63. The lowest BCUT2D eigenvalue weighted by molar-refractivity contribution is -0.133. The molecule has 1 aliphatic rings. The summed E-state index contributed by atoms with van der Waals surface area (Å²) in [5.74, 6) is 0.230. The van der Waals surface area contributed by atoms with Crippen LogP contribution in [0.15, 0.2) is 64.6 Å². The third-order valence-electron chi connectivity index (χ3n) is 5.78. The van der Waals surface area contributed by atoms with Crippen LogP contribution in [0.2, 0.25) is 5.02 Å². The van der Waals surface area contributed by atoms with Crippen LogP contribution in [0.5, 0.6) is 0 Å². The molecule has 6 nitrogen and oxygen atoms in total. The number of carbonyl (C=O) groups excluding carboxylic acids is 2. The molecule has 0 unspecified atom stereocenters. The van der Waals surface area contributed by atoms with E-state index in [0.29, 0.717) is 29.6 Å². The Hall–Kier alpha value is -3.03. The number of halogens is 1. The van der Waals surface area contributed by atoms with Gasteiger partial charge in [-0.2, -0.15) is 0 Å². The number of thiophene rings is 1. The lowest BCUT2D eigenvalue weighted by Gasteiger charge is -2.43. The molecule has 1 aromatic carbocycles. The fourth-order valence-electron chi connectivity index (χ4n) is 4.04. The van der Waals surface area contributed by atoms with Gasteiger partial charge in [0.05, 0.1) is 19.4 Å². The molecule has 0 spiro atoms. The topological polar surface area (TPSA) is 67.5 Å². The molecular formula is C23H20ClN3O3S. The predicted octanol–water partition coefficient (Wildman–Crippen LogP) is 4.68. The molecule has 4 heterocycles. The van der Waals surface area contributed by atoms with Crippen molar-refractivity contribution in [3.63, 3.8) is 0 Å². The predicted molar refractivity (Wildman–Crippen MR) is 120 cm³/mol. The number of rotatable bonds is 5. The lowest BCUT2D eigenvalue weighted by atomic mass is 9.94.